The van der Waals surface area contributed by atoms with Crippen molar-refractivity contribution in [2.75, 3.05) is 46.0 Å². The van der Waals surface area contributed by atoms with Gasteiger partial charge in [-0.15, -0.1) is 35.3 Å². The van der Waals surface area contributed by atoms with Crippen molar-refractivity contribution in [2.24, 2.45) is 4.99 Å². The third-order valence-electron chi connectivity index (χ3n) is 4.44. The third kappa shape index (κ3) is 6.60. The number of nitrogens with zero attached hydrogens (tertiary/aromatic N) is 3. The average Bonchev–Trinajstić information content (AvgIpc) is 3.06. The van der Waals surface area contributed by atoms with Gasteiger partial charge in [0.15, 0.2) is 15.8 Å². The fraction of sp³-hybridized carbons (Fsp3) is 0.647. The third-order valence-corrected chi connectivity index (χ3v) is 7.91. The first kappa shape index (κ1) is 24.2. The first-order chi connectivity index (χ1) is 12.1. The van der Waals surface area contributed by atoms with Gasteiger partial charge in [-0.1, -0.05) is 6.07 Å². The van der Waals surface area contributed by atoms with Crippen LogP contribution in [0.2, 0.25) is 0 Å². The maximum absolute atomic E-state index is 12.3. The van der Waals surface area contributed by atoms with E-state index in [-0.39, 0.29) is 42.2 Å². The Labute approximate surface area is 183 Å². The SMILES string of the molecule is CN(C)C(=O)CN=C(NCCc1cccs1)N1CCS(=O)(=O)C(C)(C)C1.I. The highest BCUT2D eigenvalue weighted by molar-refractivity contribution is 14.0. The number of aliphatic imine (C=N–C) groups is 1. The highest BCUT2D eigenvalue weighted by Gasteiger charge is 2.41. The molecule has 0 aliphatic carbocycles. The number of sulfone groups is 1. The summed E-state index contributed by atoms with van der Waals surface area (Å²) in [6.07, 6.45) is 0.855. The van der Waals surface area contributed by atoms with Crippen molar-refractivity contribution in [3.8, 4) is 0 Å². The van der Waals surface area contributed by atoms with Crippen molar-refractivity contribution in [3.63, 3.8) is 0 Å². The maximum Gasteiger partial charge on any atom is 0.243 e. The topological polar surface area (TPSA) is 82.1 Å². The Hall–Kier alpha value is -0.880. The number of hydrogen-bond donors (Lipinski definition) is 1. The number of thiophene rings is 1. The molecule has 1 aliphatic rings. The fourth-order valence-electron chi connectivity index (χ4n) is 2.63. The lowest BCUT2D eigenvalue weighted by molar-refractivity contribution is -0.127. The molecule has 154 valence electrons. The van der Waals surface area contributed by atoms with Gasteiger partial charge in [0.05, 0.1) is 10.5 Å². The number of hydrogen-bond acceptors (Lipinski definition) is 5. The summed E-state index contributed by atoms with van der Waals surface area (Å²) in [7, 11) is 0.260. The van der Waals surface area contributed by atoms with Gasteiger partial charge in [0, 0.05) is 38.6 Å². The van der Waals surface area contributed by atoms with Gasteiger partial charge in [0.2, 0.25) is 5.91 Å². The van der Waals surface area contributed by atoms with E-state index in [1.54, 1.807) is 39.3 Å². The summed E-state index contributed by atoms with van der Waals surface area (Å²) in [5.41, 5.74) is 0. The van der Waals surface area contributed by atoms with Crippen LogP contribution in [0.4, 0.5) is 0 Å². The van der Waals surface area contributed by atoms with Crippen LogP contribution in [0.5, 0.6) is 0 Å². The summed E-state index contributed by atoms with van der Waals surface area (Å²) in [5, 5.41) is 5.34. The van der Waals surface area contributed by atoms with Gasteiger partial charge < -0.3 is 15.1 Å². The van der Waals surface area contributed by atoms with Crippen LogP contribution >= 0.6 is 35.3 Å². The second-order valence-corrected chi connectivity index (χ2v) is 11.0. The summed E-state index contributed by atoms with van der Waals surface area (Å²) in [4.78, 5) is 21.1. The highest BCUT2D eigenvalue weighted by atomic mass is 127. The summed E-state index contributed by atoms with van der Waals surface area (Å²) in [5.74, 6) is 0.596. The molecule has 2 heterocycles. The number of guanidine groups is 1. The number of carbonyl (C=O) groups excluding carboxylic acids is 1. The molecule has 0 spiro atoms. The van der Waals surface area contributed by atoms with Crippen molar-refractivity contribution in [1.82, 2.24) is 15.1 Å². The van der Waals surface area contributed by atoms with E-state index in [4.69, 9.17) is 0 Å². The Kier molecular flexibility index (Phi) is 9.00. The van der Waals surface area contributed by atoms with Crippen molar-refractivity contribution in [2.45, 2.75) is 25.0 Å². The normalized spacial score (nSPS) is 18.5. The quantitative estimate of drug-likeness (QED) is 0.356. The molecule has 1 N–H and O–H groups in total. The molecule has 27 heavy (non-hydrogen) atoms. The molecule has 1 saturated heterocycles. The van der Waals surface area contributed by atoms with Crippen LogP contribution in [0.15, 0.2) is 22.5 Å². The minimum atomic E-state index is -3.13. The maximum atomic E-state index is 12.3. The standard InChI is InChI=1S/C17H28N4O3S2.HI/c1-17(2)13-21(9-11-26(17,23)24)16(19-12-15(22)20(3)4)18-8-7-14-6-5-10-25-14;/h5-6,10H,7-9,11-13H2,1-4H3,(H,18,19);1H. The van der Waals surface area contributed by atoms with Crippen molar-refractivity contribution >= 4 is 57.0 Å². The molecule has 1 aliphatic heterocycles. The molecule has 2 rings (SSSR count). The first-order valence-electron chi connectivity index (χ1n) is 8.60. The van der Waals surface area contributed by atoms with Crippen LogP contribution in [0.3, 0.4) is 0 Å². The zero-order valence-corrected chi connectivity index (χ0v) is 20.2. The summed E-state index contributed by atoms with van der Waals surface area (Å²) >= 11 is 1.70. The minimum absolute atomic E-state index is 0. The van der Waals surface area contributed by atoms with Crippen molar-refractivity contribution in [1.29, 1.82) is 0 Å². The van der Waals surface area contributed by atoms with E-state index in [0.29, 0.717) is 25.6 Å². The lowest BCUT2D eigenvalue weighted by Gasteiger charge is -2.39. The second kappa shape index (κ2) is 10.1. The minimum Gasteiger partial charge on any atom is -0.356 e. The Balaban J connectivity index is 0.00000364. The molecule has 0 atom stereocenters. The molecule has 1 amide bonds. The molecule has 10 heteroatoms. The highest BCUT2D eigenvalue weighted by Crippen LogP contribution is 2.23. The van der Waals surface area contributed by atoms with Crippen molar-refractivity contribution in [3.05, 3.63) is 22.4 Å². The summed E-state index contributed by atoms with van der Waals surface area (Å²) < 4.78 is 23.7. The van der Waals surface area contributed by atoms with Gasteiger partial charge in [-0.3, -0.25) is 4.79 Å². The van der Waals surface area contributed by atoms with Crippen LogP contribution in [-0.4, -0.2) is 80.9 Å². The number of carbonyl (C=O) groups is 1. The number of rotatable bonds is 5. The number of nitrogens with one attached hydrogen (secondary N) is 1. The molecule has 7 nitrogen and oxygen atoms in total. The van der Waals surface area contributed by atoms with E-state index < -0.39 is 14.6 Å². The van der Waals surface area contributed by atoms with Gasteiger partial charge in [0.1, 0.15) is 6.54 Å². The van der Waals surface area contributed by atoms with Crippen LogP contribution in [0, 0.1) is 0 Å². The Morgan fingerprint density at radius 1 is 1.41 bits per heavy atom. The molecule has 0 radical (unpaired) electrons. The van der Waals surface area contributed by atoms with Crippen LogP contribution in [-0.2, 0) is 21.1 Å². The molecular weight excluding hydrogens is 499 g/mol. The average molecular weight is 528 g/mol. The molecule has 1 aromatic rings. The molecule has 1 fully saturated rings. The smallest absolute Gasteiger partial charge is 0.243 e. The van der Waals surface area contributed by atoms with Crippen LogP contribution < -0.4 is 5.32 Å². The van der Waals surface area contributed by atoms with Crippen LogP contribution in [0.1, 0.15) is 18.7 Å². The molecular formula is C17H29IN4O3S2. The van der Waals surface area contributed by atoms with E-state index in [2.05, 4.69) is 16.4 Å². The zero-order chi connectivity index (χ0) is 19.4. The largest absolute Gasteiger partial charge is 0.356 e. The predicted molar refractivity (Wildman–Crippen MR) is 122 cm³/mol. The van der Waals surface area contributed by atoms with E-state index in [9.17, 15) is 13.2 Å². The number of halogens is 1. The number of amides is 1. The predicted octanol–water partition coefficient (Wildman–Crippen LogP) is 1.45. The lowest BCUT2D eigenvalue weighted by atomic mass is 10.2. The molecule has 0 bridgehead atoms. The zero-order valence-electron chi connectivity index (χ0n) is 16.3. The number of likely N-dealkylation sites (N-methyl/N-ethyl adjacent to an activating group) is 1. The Morgan fingerprint density at radius 2 is 2.11 bits per heavy atom. The Bertz CT molecular complexity index is 746. The van der Waals surface area contributed by atoms with Gasteiger partial charge in [-0.05, 0) is 31.7 Å². The van der Waals surface area contributed by atoms with Gasteiger partial charge in [-0.25, -0.2) is 13.4 Å². The Morgan fingerprint density at radius 3 is 2.67 bits per heavy atom. The van der Waals surface area contributed by atoms with Crippen LogP contribution in [0.25, 0.3) is 0 Å². The molecule has 1 aromatic heterocycles. The van der Waals surface area contributed by atoms with E-state index in [0.717, 1.165) is 6.42 Å². The summed E-state index contributed by atoms with van der Waals surface area (Å²) in [6.45, 7) is 4.94. The molecule has 0 saturated carbocycles. The van der Waals surface area contributed by atoms with Gasteiger partial charge in [0.25, 0.3) is 0 Å². The van der Waals surface area contributed by atoms with E-state index >= 15 is 0 Å². The monoisotopic (exact) mass is 528 g/mol. The van der Waals surface area contributed by atoms with E-state index in [1.807, 2.05) is 16.3 Å². The van der Waals surface area contributed by atoms with Gasteiger partial charge >= 0.3 is 0 Å². The van der Waals surface area contributed by atoms with Gasteiger partial charge in [-0.2, -0.15) is 0 Å². The van der Waals surface area contributed by atoms with Crippen molar-refractivity contribution < 1.29 is 13.2 Å². The lowest BCUT2D eigenvalue weighted by Crippen LogP contribution is -2.57. The van der Waals surface area contributed by atoms with E-state index in [1.165, 1.54) is 9.78 Å². The first-order valence-corrected chi connectivity index (χ1v) is 11.1. The fourth-order valence-corrected chi connectivity index (χ4v) is 4.70. The summed E-state index contributed by atoms with van der Waals surface area (Å²) in [6, 6.07) is 4.10. The second-order valence-electron chi connectivity index (χ2n) is 7.18. The molecule has 0 aromatic carbocycles. The molecule has 0 unspecified atom stereocenters.